The summed E-state index contributed by atoms with van der Waals surface area (Å²) >= 11 is 0. The van der Waals surface area contributed by atoms with Gasteiger partial charge in [-0.1, -0.05) is 0 Å². The van der Waals surface area contributed by atoms with E-state index in [0.717, 1.165) is 17.0 Å². The SMILES string of the molecule is O=C1C=CN(c2c(F)cc(N3CC(CNC(=O)O)OC3=O)cc2F)CC1. The number of ether oxygens (including phenoxy) is 1. The van der Waals surface area contributed by atoms with E-state index in [9.17, 15) is 23.2 Å². The Bertz CT molecular complexity index is 775. The number of benzene rings is 1. The van der Waals surface area contributed by atoms with E-state index >= 15 is 0 Å². The number of hydrogen-bond donors (Lipinski definition) is 2. The lowest BCUT2D eigenvalue weighted by atomic mass is 10.1. The van der Waals surface area contributed by atoms with E-state index in [1.54, 1.807) is 0 Å². The first-order chi connectivity index (χ1) is 12.3. The van der Waals surface area contributed by atoms with Crippen LogP contribution in [0.25, 0.3) is 0 Å². The molecule has 1 unspecified atom stereocenters. The van der Waals surface area contributed by atoms with Crippen molar-refractivity contribution in [3.63, 3.8) is 0 Å². The van der Waals surface area contributed by atoms with Crippen molar-refractivity contribution in [3.8, 4) is 0 Å². The summed E-state index contributed by atoms with van der Waals surface area (Å²) in [5, 5.41) is 10.7. The summed E-state index contributed by atoms with van der Waals surface area (Å²) in [6.45, 7) is -0.0279. The lowest BCUT2D eigenvalue weighted by molar-refractivity contribution is -0.114. The van der Waals surface area contributed by atoms with Crippen LogP contribution in [0.1, 0.15) is 6.42 Å². The molecule has 0 spiro atoms. The first-order valence-electron chi connectivity index (χ1n) is 7.77. The molecule has 1 aromatic rings. The van der Waals surface area contributed by atoms with Gasteiger partial charge in [-0.3, -0.25) is 9.69 Å². The summed E-state index contributed by atoms with van der Waals surface area (Å²) < 4.78 is 33.9. The zero-order chi connectivity index (χ0) is 18.8. The minimum absolute atomic E-state index is 0.0383. The molecule has 8 nitrogen and oxygen atoms in total. The number of hydrogen-bond acceptors (Lipinski definition) is 5. The van der Waals surface area contributed by atoms with Crippen LogP contribution in [0, 0.1) is 11.6 Å². The van der Waals surface area contributed by atoms with E-state index in [4.69, 9.17) is 9.84 Å². The molecule has 138 valence electrons. The Morgan fingerprint density at radius 3 is 2.58 bits per heavy atom. The zero-order valence-electron chi connectivity index (χ0n) is 13.4. The first kappa shape index (κ1) is 17.6. The number of halogens is 2. The van der Waals surface area contributed by atoms with Gasteiger partial charge in [-0.05, 0) is 6.08 Å². The van der Waals surface area contributed by atoms with Crippen molar-refractivity contribution in [2.24, 2.45) is 0 Å². The van der Waals surface area contributed by atoms with Crippen LogP contribution in [-0.4, -0.2) is 48.8 Å². The lowest BCUT2D eigenvalue weighted by Gasteiger charge is -2.25. The average molecular weight is 367 g/mol. The normalized spacial score (nSPS) is 19.7. The molecule has 2 aliphatic heterocycles. The number of carbonyl (C=O) groups excluding carboxylic acids is 2. The van der Waals surface area contributed by atoms with Crippen molar-refractivity contribution in [2.75, 3.05) is 29.4 Å². The van der Waals surface area contributed by atoms with Gasteiger partial charge in [-0.15, -0.1) is 0 Å². The molecule has 2 heterocycles. The van der Waals surface area contributed by atoms with Crippen molar-refractivity contribution < 1.29 is 33.0 Å². The fourth-order valence-electron chi connectivity index (χ4n) is 2.77. The van der Waals surface area contributed by atoms with E-state index in [1.807, 2.05) is 0 Å². The fraction of sp³-hybridized carbons (Fsp3) is 0.312. The number of nitrogens with zero attached hydrogens (tertiary/aromatic N) is 2. The minimum atomic E-state index is -1.27. The number of carbonyl (C=O) groups is 3. The number of cyclic esters (lactones) is 1. The van der Waals surface area contributed by atoms with Gasteiger partial charge in [0.1, 0.15) is 11.8 Å². The Morgan fingerprint density at radius 1 is 1.31 bits per heavy atom. The third kappa shape index (κ3) is 3.58. The predicted octanol–water partition coefficient (Wildman–Crippen LogP) is 1.85. The highest BCUT2D eigenvalue weighted by atomic mass is 19.1. The van der Waals surface area contributed by atoms with Gasteiger partial charge in [0.25, 0.3) is 0 Å². The minimum Gasteiger partial charge on any atom is -0.465 e. The van der Waals surface area contributed by atoms with Crippen LogP contribution in [0.3, 0.4) is 0 Å². The predicted molar refractivity (Wildman–Crippen MR) is 86.1 cm³/mol. The molecule has 1 saturated heterocycles. The maximum absolute atomic E-state index is 14.5. The van der Waals surface area contributed by atoms with E-state index in [1.165, 1.54) is 17.2 Å². The highest BCUT2D eigenvalue weighted by Gasteiger charge is 2.34. The number of ketones is 1. The lowest BCUT2D eigenvalue weighted by Crippen LogP contribution is -2.33. The Kier molecular flexibility index (Phi) is 4.74. The molecule has 26 heavy (non-hydrogen) atoms. The van der Waals surface area contributed by atoms with E-state index in [0.29, 0.717) is 0 Å². The molecule has 0 aliphatic carbocycles. The van der Waals surface area contributed by atoms with Crippen LogP contribution in [0.15, 0.2) is 24.4 Å². The second kappa shape index (κ2) is 6.98. The number of amides is 2. The van der Waals surface area contributed by atoms with E-state index in [2.05, 4.69) is 5.32 Å². The van der Waals surface area contributed by atoms with Crippen LogP contribution in [-0.2, 0) is 9.53 Å². The third-order valence-electron chi connectivity index (χ3n) is 4.00. The fourth-order valence-corrected chi connectivity index (χ4v) is 2.77. The molecule has 2 amide bonds. The van der Waals surface area contributed by atoms with Gasteiger partial charge in [0.15, 0.2) is 17.4 Å². The van der Waals surface area contributed by atoms with Gasteiger partial charge in [0.05, 0.1) is 18.8 Å². The number of nitrogens with one attached hydrogen (secondary N) is 1. The highest BCUT2D eigenvalue weighted by molar-refractivity contribution is 5.92. The van der Waals surface area contributed by atoms with Crippen molar-refractivity contribution in [1.29, 1.82) is 0 Å². The second-order valence-electron chi connectivity index (χ2n) is 5.79. The smallest absolute Gasteiger partial charge is 0.414 e. The van der Waals surface area contributed by atoms with Gasteiger partial charge in [0.2, 0.25) is 0 Å². The largest absolute Gasteiger partial charge is 0.465 e. The summed E-state index contributed by atoms with van der Waals surface area (Å²) in [6.07, 6.45) is -0.154. The van der Waals surface area contributed by atoms with Gasteiger partial charge in [0, 0.05) is 31.3 Å². The summed E-state index contributed by atoms with van der Waals surface area (Å²) in [5.41, 5.74) is -0.349. The average Bonchev–Trinajstić information content (AvgIpc) is 2.95. The van der Waals surface area contributed by atoms with Crippen LogP contribution >= 0.6 is 0 Å². The summed E-state index contributed by atoms with van der Waals surface area (Å²) in [7, 11) is 0. The Labute approximate surface area is 146 Å². The maximum Gasteiger partial charge on any atom is 0.414 e. The molecule has 2 aliphatic rings. The first-order valence-corrected chi connectivity index (χ1v) is 7.77. The number of carboxylic acid groups (broad SMARTS) is 1. The molecule has 2 N–H and O–H groups in total. The summed E-state index contributed by atoms with van der Waals surface area (Å²) in [5.74, 6) is -1.91. The summed E-state index contributed by atoms with van der Waals surface area (Å²) in [4.78, 5) is 35.9. The van der Waals surface area contributed by atoms with Crippen LogP contribution < -0.4 is 15.1 Å². The van der Waals surface area contributed by atoms with Crippen LogP contribution in [0.4, 0.5) is 29.7 Å². The van der Waals surface area contributed by atoms with Gasteiger partial charge < -0.3 is 20.1 Å². The van der Waals surface area contributed by atoms with Crippen LogP contribution in [0.5, 0.6) is 0 Å². The second-order valence-corrected chi connectivity index (χ2v) is 5.79. The molecular weight excluding hydrogens is 352 g/mol. The molecule has 10 heteroatoms. The molecule has 0 radical (unpaired) electrons. The van der Waals surface area contributed by atoms with Crippen molar-refractivity contribution in [2.45, 2.75) is 12.5 Å². The van der Waals surface area contributed by atoms with Gasteiger partial charge in [-0.25, -0.2) is 18.4 Å². The monoisotopic (exact) mass is 367 g/mol. The quantitative estimate of drug-likeness (QED) is 0.843. The van der Waals surface area contributed by atoms with E-state index in [-0.39, 0.29) is 43.2 Å². The standard InChI is InChI=1S/C16H15F2N3O5/c17-12-5-9(21-8-11(26-16(21)25)7-19-15(23)24)6-13(18)14(12)20-3-1-10(22)2-4-20/h1,3,5-6,11,19H,2,4,7-8H2,(H,23,24). The molecule has 0 saturated carbocycles. The Balaban J connectivity index is 1.79. The number of anilines is 2. The zero-order valence-corrected chi connectivity index (χ0v) is 13.4. The molecule has 1 atom stereocenters. The Morgan fingerprint density at radius 2 is 2.00 bits per heavy atom. The van der Waals surface area contributed by atoms with Gasteiger partial charge in [-0.2, -0.15) is 0 Å². The van der Waals surface area contributed by atoms with Crippen molar-refractivity contribution >= 4 is 29.3 Å². The molecule has 1 fully saturated rings. The molecular formula is C16H15F2N3O5. The van der Waals surface area contributed by atoms with Gasteiger partial charge >= 0.3 is 12.2 Å². The Hall–Kier alpha value is -3.17. The number of rotatable bonds is 4. The van der Waals surface area contributed by atoms with Crippen molar-refractivity contribution in [1.82, 2.24) is 5.32 Å². The molecule has 0 bridgehead atoms. The topological polar surface area (TPSA) is 99.2 Å². The molecule has 3 rings (SSSR count). The van der Waals surface area contributed by atoms with Crippen LogP contribution in [0.2, 0.25) is 0 Å². The summed E-state index contributed by atoms with van der Waals surface area (Å²) in [6, 6.07) is 1.99. The molecule has 1 aromatic carbocycles. The highest BCUT2D eigenvalue weighted by Crippen LogP contribution is 2.31. The maximum atomic E-state index is 14.5. The number of allylic oxidation sites excluding steroid dienone is 1. The van der Waals surface area contributed by atoms with E-state index < -0.39 is 29.9 Å². The molecule has 0 aromatic heterocycles. The van der Waals surface area contributed by atoms with Crippen molar-refractivity contribution in [3.05, 3.63) is 36.0 Å². The third-order valence-corrected chi connectivity index (χ3v) is 4.00.